The highest BCUT2D eigenvalue weighted by Crippen LogP contribution is 2.32. The van der Waals surface area contributed by atoms with Crippen molar-refractivity contribution in [3.8, 4) is 0 Å². The lowest BCUT2D eigenvalue weighted by Gasteiger charge is -2.13. The number of hydrogen-bond acceptors (Lipinski definition) is 2. The molecule has 2 nitrogen and oxygen atoms in total. The Morgan fingerprint density at radius 1 is 1.25 bits per heavy atom. The van der Waals surface area contributed by atoms with E-state index in [1.807, 2.05) is 0 Å². The zero-order chi connectivity index (χ0) is 12.2. The Morgan fingerprint density at radius 3 is 2.50 bits per heavy atom. The second-order valence-corrected chi connectivity index (χ2v) is 3.26. The van der Waals surface area contributed by atoms with E-state index in [9.17, 15) is 17.6 Å². The molecule has 90 valence electrons. The first-order valence-corrected chi connectivity index (χ1v) is 4.71. The molecule has 0 heterocycles. The molecule has 0 aromatic heterocycles. The first-order chi connectivity index (χ1) is 7.45. The molecule has 0 radical (unpaired) electrons. The van der Waals surface area contributed by atoms with Gasteiger partial charge in [-0.1, -0.05) is 0 Å². The minimum absolute atomic E-state index is 0.0518. The summed E-state index contributed by atoms with van der Waals surface area (Å²) in [6, 6.07) is 2.43. The van der Waals surface area contributed by atoms with Crippen LogP contribution < -0.4 is 11.1 Å². The van der Waals surface area contributed by atoms with E-state index in [1.165, 1.54) is 0 Å². The quantitative estimate of drug-likeness (QED) is 0.619. The molecule has 6 heteroatoms. The summed E-state index contributed by atoms with van der Waals surface area (Å²) in [6.07, 6.45) is -4.46. The number of nitrogens with one attached hydrogen (secondary N) is 1. The average molecular weight is 236 g/mol. The van der Waals surface area contributed by atoms with Gasteiger partial charge >= 0.3 is 6.18 Å². The van der Waals surface area contributed by atoms with E-state index in [0.717, 1.165) is 18.2 Å². The van der Waals surface area contributed by atoms with E-state index in [4.69, 9.17) is 5.73 Å². The Hall–Kier alpha value is -1.14. The molecule has 0 aliphatic rings. The van der Waals surface area contributed by atoms with Crippen molar-refractivity contribution in [2.24, 2.45) is 5.73 Å². The highest BCUT2D eigenvalue weighted by molar-refractivity contribution is 5.30. The summed E-state index contributed by atoms with van der Waals surface area (Å²) in [5, 5.41) is 2.70. The molecule has 0 unspecified atom stereocenters. The zero-order valence-corrected chi connectivity index (χ0v) is 8.44. The van der Waals surface area contributed by atoms with Crippen molar-refractivity contribution in [2.45, 2.75) is 12.7 Å². The first kappa shape index (κ1) is 12.9. The number of hydrogen-bond donors (Lipinski definition) is 2. The Labute approximate surface area is 90.4 Å². The topological polar surface area (TPSA) is 38.0 Å². The van der Waals surface area contributed by atoms with E-state index < -0.39 is 17.6 Å². The minimum atomic E-state index is -4.46. The van der Waals surface area contributed by atoms with Crippen molar-refractivity contribution in [1.82, 2.24) is 5.32 Å². The van der Waals surface area contributed by atoms with Gasteiger partial charge in [-0.05, 0) is 23.8 Å². The smallest absolute Gasteiger partial charge is 0.329 e. The third-order valence-corrected chi connectivity index (χ3v) is 2.01. The van der Waals surface area contributed by atoms with Crippen LogP contribution in [-0.2, 0) is 12.7 Å². The van der Waals surface area contributed by atoms with Crippen molar-refractivity contribution >= 4 is 0 Å². The van der Waals surface area contributed by atoms with Gasteiger partial charge in [0.2, 0.25) is 0 Å². The highest BCUT2D eigenvalue weighted by Gasteiger charge is 2.33. The van der Waals surface area contributed by atoms with Crippen LogP contribution in [0.15, 0.2) is 18.2 Å². The van der Waals surface area contributed by atoms with E-state index in [2.05, 4.69) is 5.32 Å². The summed E-state index contributed by atoms with van der Waals surface area (Å²) in [5.41, 5.74) is 4.26. The Bertz CT molecular complexity index is 349. The van der Waals surface area contributed by atoms with Gasteiger partial charge in [0.1, 0.15) is 5.82 Å². The molecule has 3 N–H and O–H groups in total. The number of benzene rings is 1. The monoisotopic (exact) mass is 236 g/mol. The summed E-state index contributed by atoms with van der Waals surface area (Å²) >= 11 is 0. The summed E-state index contributed by atoms with van der Waals surface area (Å²) in [6.45, 7) is 0.647. The molecule has 16 heavy (non-hydrogen) atoms. The van der Waals surface area contributed by atoms with Gasteiger partial charge in [-0.2, -0.15) is 13.2 Å². The molecule has 1 aromatic carbocycles. The summed E-state index contributed by atoms with van der Waals surface area (Å²) in [4.78, 5) is 0. The summed E-state index contributed by atoms with van der Waals surface area (Å²) in [7, 11) is 0. The van der Waals surface area contributed by atoms with Crippen LogP contribution in [0.3, 0.4) is 0 Å². The third kappa shape index (κ3) is 3.46. The number of alkyl halides is 3. The van der Waals surface area contributed by atoms with Crippen molar-refractivity contribution in [3.05, 3.63) is 35.1 Å². The Balaban J connectivity index is 2.90. The summed E-state index contributed by atoms with van der Waals surface area (Å²) < 4.78 is 50.4. The van der Waals surface area contributed by atoms with Gasteiger partial charge in [0, 0.05) is 19.6 Å². The lowest BCUT2D eigenvalue weighted by Crippen LogP contribution is -2.23. The lowest BCUT2D eigenvalue weighted by molar-refractivity contribution is -0.138. The molecule has 0 atom stereocenters. The van der Waals surface area contributed by atoms with Crippen LogP contribution in [0.5, 0.6) is 0 Å². The van der Waals surface area contributed by atoms with E-state index >= 15 is 0 Å². The van der Waals surface area contributed by atoms with Crippen molar-refractivity contribution < 1.29 is 17.6 Å². The van der Waals surface area contributed by atoms with Crippen LogP contribution in [0, 0.1) is 5.82 Å². The SMILES string of the molecule is NCCNCc1cc(F)ccc1C(F)(F)F. The predicted molar refractivity (Wildman–Crippen MR) is 52.2 cm³/mol. The fraction of sp³-hybridized carbons (Fsp3) is 0.400. The fourth-order valence-corrected chi connectivity index (χ4v) is 1.31. The molecule has 0 saturated carbocycles. The molecule has 1 rings (SSSR count). The molecule has 0 fully saturated rings. The normalized spacial score (nSPS) is 11.8. The third-order valence-electron chi connectivity index (χ3n) is 2.01. The Morgan fingerprint density at radius 2 is 1.94 bits per heavy atom. The number of rotatable bonds is 4. The van der Waals surface area contributed by atoms with Crippen LogP contribution in [-0.4, -0.2) is 13.1 Å². The van der Waals surface area contributed by atoms with Crippen LogP contribution in [0.1, 0.15) is 11.1 Å². The minimum Gasteiger partial charge on any atom is -0.329 e. The van der Waals surface area contributed by atoms with Crippen LogP contribution in [0.25, 0.3) is 0 Å². The molecular formula is C10H12F4N2. The highest BCUT2D eigenvalue weighted by atomic mass is 19.4. The van der Waals surface area contributed by atoms with Crippen LogP contribution in [0.4, 0.5) is 17.6 Å². The van der Waals surface area contributed by atoms with Crippen molar-refractivity contribution in [1.29, 1.82) is 0 Å². The maximum Gasteiger partial charge on any atom is 0.416 e. The number of nitrogens with two attached hydrogens (primary N) is 1. The second-order valence-electron chi connectivity index (χ2n) is 3.26. The maximum absolute atomic E-state index is 12.8. The molecule has 0 bridgehead atoms. The van der Waals surface area contributed by atoms with Crippen molar-refractivity contribution in [3.63, 3.8) is 0 Å². The predicted octanol–water partition coefficient (Wildman–Crippen LogP) is 1.89. The van der Waals surface area contributed by atoms with Gasteiger partial charge in [0.25, 0.3) is 0 Å². The molecule has 0 aliphatic heterocycles. The van der Waals surface area contributed by atoms with Crippen molar-refractivity contribution in [2.75, 3.05) is 13.1 Å². The first-order valence-electron chi connectivity index (χ1n) is 4.71. The standard InChI is InChI=1S/C10H12F4N2/c11-8-1-2-9(10(12,13)14)7(5-8)6-16-4-3-15/h1-2,5,16H,3-4,6,15H2. The second kappa shape index (κ2) is 5.27. The average Bonchev–Trinajstić information content (AvgIpc) is 2.16. The molecule has 0 amide bonds. The van der Waals surface area contributed by atoms with Gasteiger partial charge in [0.05, 0.1) is 5.56 Å². The van der Waals surface area contributed by atoms with E-state index in [-0.39, 0.29) is 12.1 Å². The summed E-state index contributed by atoms with van der Waals surface area (Å²) in [5.74, 6) is -0.683. The van der Waals surface area contributed by atoms with E-state index in [0.29, 0.717) is 13.1 Å². The lowest BCUT2D eigenvalue weighted by atomic mass is 10.1. The molecule has 1 aromatic rings. The molecule has 0 aliphatic carbocycles. The number of halogens is 4. The van der Waals surface area contributed by atoms with Gasteiger partial charge in [-0.15, -0.1) is 0 Å². The van der Waals surface area contributed by atoms with Gasteiger partial charge in [-0.25, -0.2) is 4.39 Å². The van der Waals surface area contributed by atoms with Gasteiger partial charge < -0.3 is 11.1 Å². The van der Waals surface area contributed by atoms with E-state index in [1.54, 1.807) is 0 Å². The fourth-order valence-electron chi connectivity index (χ4n) is 1.31. The van der Waals surface area contributed by atoms with Gasteiger partial charge in [-0.3, -0.25) is 0 Å². The molecular weight excluding hydrogens is 224 g/mol. The van der Waals surface area contributed by atoms with Crippen LogP contribution >= 0.6 is 0 Å². The van der Waals surface area contributed by atoms with Gasteiger partial charge in [0.15, 0.2) is 0 Å². The Kier molecular flexibility index (Phi) is 4.26. The van der Waals surface area contributed by atoms with Crippen LogP contribution in [0.2, 0.25) is 0 Å². The molecule has 0 saturated heterocycles. The zero-order valence-electron chi connectivity index (χ0n) is 8.44. The largest absolute Gasteiger partial charge is 0.416 e. The molecule has 0 spiro atoms. The maximum atomic E-state index is 12.8.